The minimum absolute atomic E-state index is 0.0162. The first kappa shape index (κ1) is 20.4. The zero-order valence-corrected chi connectivity index (χ0v) is 19.1. The number of hydrogen-bond acceptors (Lipinski definition) is 3. The number of fused-ring (bicyclic) bond motifs is 2. The van der Waals surface area contributed by atoms with Gasteiger partial charge in [0.2, 0.25) is 5.91 Å². The summed E-state index contributed by atoms with van der Waals surface area (Å²) in [6.07, 6.45) is 3.23. The number of halogens is 1. The number of carbonyl (C=O) groups excluding carboxylic acids is 2. The quantitative estimate of drug-likeness (QED) is 0.751. The smallest absolute Gasteiger partial charge is 0.317 e. The molecular formula is C22H29BrN4O2. The second-order valence-electron chi connectivity index (χ2n) is 8.22. The molecule has 7 heteroatoms. The molecule has 1 aromatic rings. The van der Waals surface area contributed by atoms with Crippen molar-refractivity contribution >= 4 is 39.1 Å². The molecule has 0 saturated heterocycles. The molecule has 3 aliphatic rings. The van der Waals surface area contributed by atoms with Crippen molar-refractivity contribution < 1.29 is 9.59 Å². The Morgan fingerprint density at radius 2 is 1.97 bits per heavy atom. The standard InChI is InChI=1S/C22H29BrN4O2/c1-5-26(6-2)22(29)24-15-10-16-19(25(4)12-15)9-14-11-27(13(3)28)18-8-7-17(23)21(16)20(14)18/h7-8,10,14-15,19H,5-6,9,11-12H2,1-4H3,(H,24,29)/t14?,15-,19+/m0/s1. The fourth-order valence-corrected chi connectivity index (χ4v) is 5.73. The molecule has 0 radical (unpaired) electrons. The molecule has 0 bridgehead atoms. The number of nitrogens with one attached hydrogen (secondary N) is 1. The molecule has 2 aliphatic heterocycles. The predicted octanol–water partition coefficient (Wildman–Crippen LogP) is 3.42. The van der Waals surface area contributed by atoms with Crippen molar-refractivity contribution in [3.63, 3.8) is 0 Å². The van der Waals surface area contributed by atoms with Gasteiger partial charge in [-0.25, -0.2) is 4.79 Å². The fourth-order valence-electron chi connectivity index (χ4n) is 5.15. The van der Waals surface area contributed by atoms with Gasteiger partial charge in [0.1, 0.15) is 0 Å². The van der Waals surface area contributed by atoms with Gasteiger partial charge in [-0.2, -0.15) is 0 Å². The van der Waals surface area contributed by atoms with E-state index in [0.717, 1.165) is 29.7 Å². The van der Waals surface area contributed by atoms with E-state index in [1.807, 2.05) is 29.7 Å². The second kappa shape index (κ2) is 7.76. The Bertz CT molecular complexity index is 880. The average molecular weight is 461 g/mol. The molecular weight excluding hydrogens is 432 g/mol. The molecule has 0 aromatic heterocycles. The van der Waals surface area contributed by atoms with E-state index in [0.29, 0.717) is 25.0 Å². The van der Waals surface area contributed by atoms with E-state index >= 15 is 0 Å². The third-order valence-electron chi connectivity index (χ3n) is 6.57. The second-order valence-corrected chi connectivity index (χ2v) is 9.08. The molecule has 156 valence electrons. The van der Waals surface area contributed by atoms with Crippen molar-refractivity contribution in [3.8, 4) is 0 Å². The van der Waals surface area contributed by atoms with Gasteiger partial charge in [0.15, 0.2) is 0 Å². The van der Waals surface area contributed by atoms with Crippen LogP contribution in [0.25, 0.3) is 5.57 Å². The van der Waals surface area contributed by atoms with Crippen molar-refractivity contribution in [2.24, 2.45) is 0 Å². The topological polar surface area (TPSA) is 55.9 Å². The Kier molecular flexibility index (Phi) is 5.46. The lowest BCUT2D eigenvalue weighted by Crippen LogP contribution is -2.52. The molecule has 1 unspecified atom stereocenters. The van der Waals surface area contributed by atoms with E-state index in [1.165, 1.54) is 16.7 Å². The Hall–Kier alpha value is -1.86. The van der Waals surface area contributed by atoms with Crippen LogP contribution in [-0.2, 0) is 4.79 Å². The van der Waals surface area contributed by atoms with E-state index in [4.69, 9.17) is 0 Å². The van der Waals surface area contributed by atoms with Crippen molar-refractivity contribution in [2.45, 2.75) is 45.2 Å². The van der Waals surface area contributed by atoms with Gasteiger partial charge in [-0.3, -0.25) is 9.69 Å². The Balaban J connectivity index is 1.73. The first-order valence-electron chi connectivity index (χ1n) is 10.4. The summed E-state index contributed by atoms with van der Waals surface area (Å²) in [6, 6.07) is 4.35. The molecule has 3 amide bonds. The molecule has 2 heterocycles. The number of carbonyl (C=O) groups is 2. The SMILES string of the molecule is CCN(CC)C(=O)N[C@H]1C=C2c3c(Br)ccc4c3C(C[C@H]2N(C)C1)CN4C(C)=O. The van der Waals surface area contributed by atoms with E-state index in [9.17, 15) is 9.59 Å². The van der Waals surface area contributed by atoms with E-state index in [1.54, 1.807) is 6.92 Å². The minimum Gasteiger partial charge on any atom is -0.330 e. The van der Waals surface area contributed by atoms with Gasteiger partial charge in [0.05, 0.1) is 6.04 Å². The highest BCUT2D eigenvalue weighted by Gasteiger charge is 2.43. The molecule has 29 heavy (non-hydrogen) atoms. The highest BCUT2D eigenvalue weighted by atomic mass is 79.9. The van der Waals surface area contributed by atoms with E-state index in [2.05, 4.69) is 45.3 Å². The molecule has 1 aromatic carbocycles. The Labute approximate surface area is 181 Å². The summed E-state index contributed by atoms with van der Waals surface area (Å²) in [5.41, 5.74) is 4.79. The summed E-state index contributed by atoms with van der Waals surface area (Å²) in [6.45, 7) is 8.58. The van der Waals surface area contributed by atoms with Crippen LogP contribution >= 0.6 is 15.9 Å². The molecule has 6 nitrogen and oxygen atoms in total. The van der Waals surface area contributed by atoms with E-state index < -0.39 is 0 Å². The summed E-state index contributed by atoms with van der Waals surface area (Å²) in [4.78, 5) is 30.9. The van der Waals surface area contributed by atoms with Gasteiger partial charge in [0.25, 0.3) is 0 Å². The van der Waals surface area contributed by atoms with Gasteiger partial charge in [-0.05, 0) is 56.1 Å². The largest absolute Gasteiger partial charge is 0.330 e. The number of anilines is 1. The summed E-state index contributed by atoms with van der Waals surface area (Å²) in [5, 5.41) is 3.19. The zero-order chi connectivity index (χ0) is 20.9. The lowest BCUT2D eigenvalue weighted by molar-refractivity contribution is -0.116. The Morgan fingerprint density at radius 3 is 2.62 bits per heavy atom. The lowest BCUT2D eigenvalue weighted by Gasteiger charge is -2.42. The third kappa shape index (κ3) is 3.38. The number of hydrogen-bond donors (Lipinski definition) is 1. The normalized spacial score (nSPS) is 25.2. The number of benzene rings is 1. The number of amides is 3. The van der Waals surface area contributed by atoms with Crippen LogP contribution in [0.15, 0.2) is 22.7 Å². The van der Waals surface area contributed by atoms with Gasteiger partial charge >= 0.3 is 6.03 Å². The molecule has 4 rings (SSSR count). The van der Waals surface area contributed by atoms with Crippen LogP contribution < -0.4 is 10.2 Å². The van der Waals surface area contributed by atoms with Gasteiger partial charge < -0.3 is 15.1 Å². The summed E-state index contributed by atoms with van der Waals surface area (Å²) in [5.74, 6) is 0.450. The van der Waals surface area contributed by atoms with Gasteiger partial charge in [-0.1, -0.05) is 22.0 Å². The maximum atomic E-state index is 12.6. The van der Waals surface area contributed by atoms with Crippen LogP contribution in [0.4, 0.5) is 10.5 Å². The Morgan fingerprint density at radius 1 is 1.24 bits per heavy atom. The molecule has 1 aliphatic carbocycles. The first-order valence-corrected chi connectivity index (χ1v) is 11.2. The average Bonchev–Trinajstić information content (AvgIpc) is 3.05. The van der Waals surface area contributed by atoms with Crippen LogP contribution in [-0.4, -0.2) is 67.0 Å². The summed E-state index contributed by atoms with van der Waals surface area (Å²) in [7, 11) is 2.13. The lowest BCUT2D eigenvalue weighted by atomic mass is 9.75. The number of likely N-dealkylation sites (N-methyl/N-ethyl adjacent to an activating group) is 1. The molecule has 0 spiro atoms. The van der Waals surface area contributed by atoms with Crippen LogP contribution in [0.3, 0.4) is 0 Å². The first-order chi connectivity index (χ1) is 13.8. The van der Waals surface area contributed by atoms with Crippen molar-refractivity contribution in [1.29, 1.82) is 0 Å². The maximum absolute atomic E-state index is 12.6. The highest BCUT2D eigenvalue weighted by Crippen LogP contribution is 2.52. The number of rotatable bonds is 3. The van der Waals surface area contributed by atoms with Gasteiger partial charge in [-0.15, -0.1) is 0 Å². The van der Waals surface area contributed by atoms with Crippen LogP contribution in [0.2, 0.25) is 0 Å². The highest BCUT2D eigenvalue weighted by molar-refractivity contribution is 9.10. The third-order valence-corrected chi connectivity index (χ3v) is 7.23. The predicted molar refractivity (Wildman–Crippen MR) is 119 cm³/mol. The van der Waals surface area contributed by atoms with Crippen LogP contribution in [0, 0.1) is 0 Å². The minimum atomic E-state index is -0.0380. The zero-order valence-electron chi connectivity index (χ0n) is 17.5. The molecule has 0 fully saturated rings. The van der Waals surface area contributed by atoms with E-state index in [-0.39, 0.29) is 18.0 Å². The van der Waals surface area contributed by atoms with Crippen LogP contribution in [0.5, 0.6) is 0 Å². The van der Waals surface area contributed by atoms with Crippen molar-refractivity contribution in [1.82, 2.24) is 15.1 Å². The number of urea groups is 1. The van der Waals surface area contributed by atoms with Crippen LogP contribution in [0.1, 0.15) is 44.2 Å². The van der Waals surface area contributed by atoms with Gasteiger partial charge in [0, 0.05) is 55.2 Å². The van der Waals surface area contributed by atoms with Crippen molar-refractivity contribution in [2.75, 3.05) is 38.1 Å². The number of nitrogens with zero attached hydrogens (tertiary/aromatic N) is 3. The summed E-state index contributed by atoms with van der Waals surface area (Å²) >= 11 is 3.77. The molecule has 0 saturated carbocycles. The van der Waals surface area contributed by atoms with Crippen molar-refractivity contribution in [3.05, 3.63) is 33.8 Å². The fraction of sp³-hybridized carbons (Fsp3) is 0.545. The molecule has 1 N–H and O–H groups in total. The maximum Gasteiger partial charge on any atom is 0.317 e. The molecule has 3 atom stereocenters. The monoisotopic (exact) mass is 460 g/mol. The summed E-state index contributed by atoms with van der Waals surface area (Å²) < 4.78 is 1.06.